The van der Waals surface area contributed by atoms with Crippen LogP contribution in [0.25, 0.3) is 0 Å². The van der Waals surface area contributed by atoms with Gasteiger partial charge in [0.05, 0.1) is 15.7 Å². The number of nitrogens with two attached hydrogens (primary N) is 1. The van der Waals surface area contributed by atoms with E-state index in [4.69, 9.17) is 28.9 Å². The Bertz CT molecular complexity index is 274. The minimum Gasteiger partial charge on any atom is -0.399 e. The molecule has 0 amide bonds. The number of rotatable bonds is 1. The highest BCUT2D eigenvalue weighted by Gasteiger charge is 2.08. The Morgan fingerprint density at radius 3 is 1.92 bits per heavy atom. The Hall–Kier alpha value is -0.600. The third kappa shape index (κ3) is 1.76. The first kappa shape index (κ1) is 9.49. The van der Waals surface area contributed by atoms with Crippen LogP contribution >= 0.6 is 23.2 Å². The molecule has 2 N–H and O–H groups in total. The summed E-state index contributed by atoms with van der Waals surface area (Å²) < 4.78 is 0. The molecule has 4 heteroatoms. The molecular weight excluding hydrogens is 195 g/mol. The van der Waals surface area contributed by atoms with Gasteiger partial charge in [-0.15, -0.1) is 0 Å². The van der Waals surface area contributed by atoms with Gasteiger partial charge in [-0.1, -0.05) is 23.2 Å². The predicted octanol–water partition coefficient (Wildman–Crippen LogP) is 2.64. The molecule has 0 saturated carbocycles. The van der Waals surface area contributed by atoms with Crippen LogP contribution in [-0.2, 0) is 0 Å². The molecule has 0 spiro atoms. The highest BCUT2D eigenvalue weighted by molar-refractivity contribution is 6.39. The van der Waals surface area contributed by atoms with Crippen molar-refractivity contribution in [3.63, 3.8) is 0 Å². The van der Waals surface area contributed by atoms with Gasteiger partial charge in [-0.25, -0.2) is 0 Å². The first-order chi connectivity index (χ1) is 5.52. The normalized spacial score (nSPS) is 10.0. The molecule has 0 fully saturated rings. The van der Waals surface area contributed by atoms with Gasteiger partial charge in [-0.2, -0.15) is 0 Å². The van der Waals surface area contributed by atoms with Crippen LogP contribution in [0, 0.1) is 0 Å². The second kappa shape index (κ2) is 3.42. The lowest BCUT2D eigenvalue weighted by molar-refractivity contribution is 1.13. The lowest BCUT2D eigenvalue weighted by Gasteiger charge is -2.16. The van der Waals surface area contributed by atoms with E-state index < -0.39 is 0 Å². The summed E-state index contributed by atoms with van der Waals surface area (Å²) in [5, 5.41) is 1.15. The largest absolute Gasteiger partial charge is 0.399 e. The molecule has 2 nitrogen and oxygen atoms in total. The van der Waals surface area contributed by atoms with Crippen LogP contribution in [0.2, 0.25) is 10.0 Å². The van der Waals surface area contributed by atoms with E-state index >= 15 is 0 Å². The van der Waals surface area contributed by atoms with Crippen LogP contribution in [0.15, 0.2) is 12.1 Å². The average molecular weight is 205 g/mol. The molecule has 0 aromatic heterocycles. The lowest BCUT2D eigenvalue weighted by atomic mass is 10.2. The number of benzene rings is 1. The molecule has 0 saturated heterocycles. The summed E-state index contributed by atoms with van der Waals surface area (Å²) in [7, 11) is 3.76. The van der Waals surface area contributed by atoms with Crippen molar-refractivity contribution in [3.8, 4) is 0 Å². The Morgan fingerprint density at radius 2 is 1.58 bits per heavy atom. The van der Waals surface area contributed by atoms with Crippen LogP contribution in [0.3, 0.4) is 0 Å². The molecule has 66 valence electrons. The molecule has 0 aliphatic heterocycles. The molecular formula is C8H10Cl2N2. The summed E-state index contributed by atoms with van der Waals surface area (Å²) in [6.07, 6.45) is 0. The van der Waals surface area contributed by atoms with Gasteiger partial charge < -0.3 is 10.6 Å². The number of nitrogen functional groups attached to an aromatic ring is 1. The summed E-state index contributed by atoms with van der Waals surface area (Å²) in [5.41, 5.74) is 6.92. The topological polar surface area (TPSA) is 29.3 Å². The summed E-state index contributed by atoms with van der Waals surface area (Å²) in [5.74, 6) is 0. The van der Waals surface area contributed by atoms with Gasteiger partial charge in [0.15, 0.2) is 0 Å². The van der Waals surface area contributed by atoms with Gasteiger partial charge in [-0.3, -0.25) is 0 Å². The van der Waals surface area contributed by atoms with E-state index in [1.54, 1.807) is 12.1 Å². The van der Waals surface area contributed by atoms with Crippen LogP contribution in [0.1, 0.15) is 0 Å². The maximum Gasteiger partial charge on any atom is 0.0741 e. The van der Waals surface area contributed by atoms with E-state index in [0.717, 1.165) is 5.69 Å². The average Bonchev–Trinajstić information content (AvgIpc) is 1.82. The summed E-state index contributed by atoms with van der Waals surface area (Å²) >= 11 is 11.8. The fourth-order valence-electron chi connectivity index (χ4n) is 1.01. The Labute approximate surface area is 81.9 Å². The maximum atomic E-state index is 5.92. The molecule has 0 radical (unpaired) electrons. The Kier molecular flexibility index (Phi) is 2.70. The van der Waals surface area contributed by atoms with Crippen molar-refractivity contribution in [1.82, 2.24) is 0 Å². The van der Waals surface area contributed by atoms with Gasteiger partial charge >= 0.3 is 0 Å². The second-order valence-corrected chi connectivity index (χ2v) is 3.54. The molecule has 12 heavy (non-hydrogen) atoms. The summed E-state index contributed by atoms with van der Waals surface area (Å²) in [4.78, 5) is 1.85. The summed E-state index contributed by atoms with van der Waals surface area (Å²) in [6.45, 7) is 0. The lowest BCUT2D eigenvalue weighted by Crippen LogP contribution is -2.10. The number of nitrogens with zero attached hydrogens (tertiary/aromatic N) is 1. The monoisotopic (exact) mass is 204 g/mol. The smallest absolute Gasteiger partial charge is 0.0741 e. The Balaban J connectivity index is 3.28. The first-order valence-electron chi connectivity index (χ1n) is 3.44. The standard InChI is InChI=1S/C8H10Cl2N2/c1-12(2)8-6(9)3-5(11)4-7(8)10/h3-4H,11H2,1-2H3. The minimum atomic E-state index is 0.574. The van der Waals surface area contributed by atoms with E-state index in [0.29, 0.717) is 15.7 Å². The second-order valence-electron chi connectivity index (χ2n) is 2.73. The van der Waals surface area contributed by atoms with Crippen molar-refractivity contribution < 1.29 is 0 Å². The number of hydrogen-bond donors (Lipinski definition) is 1. The highest BCUT2D eigenvalue weighted by Crippen LogP contribution is 2.34. The highest BCUT2D eigenvalue weighted by atomic mass is 35.5. The van der Waals surface area contributed by atoms with Gasteiger partial charge in [0.2, 0.25) is 0 Å². The van der Waals surface area contributed by atoms with Crippen LogP contribution in [0.4, 0.5) is 11.4 Å². The molecule has 0 unspecified atom stereocenters. The van der Waals surface area contributed by atoms with Crippen molar-refractivity contribution in [3.05, 3.63) is 22.2 Å². The zero-order chi connectivity index (χ0) is 9.30. The molecule has 0 heterocycles. The predicted molar refractivity (Wildman–Crippen MR) is 55.2 cm³/mol. The van der Waals surface area contributed by atoms with Gasteiger partial charge in [-0.05, 0) is 12.1 Å². The minimum absolute atomic E-state index is 0.574. The summed E-state index contributed by atoms with van der Waals surface area (Å²) in [6, 6.07) is 3.37. The van der Waals surface area contributed by atoms with E-state index in [2.05, 4.69) is 0 Å². The number of halogens is 2. The fourth-order valence-corrected chi connectivity index (χ4v) is 1.85. The Morgan fingerprint density at radius 1 is 1.17 bits per heavy atom. The van der Waals surface area contributed by atoms with E-state index in [1.165, 1.54) is 0 Å². The number of anilines is 2. The third-order valence-corrected chi connectivity index (χ3v) is 2.06. The van der Waals surface area contributed by atoms with E-state index in [-0.39, 0.29) is 0 Å². The molecule has 1 rings (SSSR count). The zero-order valence-electron chi connectivity index (χ0n) is 6.94. The molecule has 0 atom stereocenters. The first-order valence-corrected chi connectivity index (χ1v) is 4.20. The van der Waals surface area contributed by atoms with Crippen molar-refractivity contribution in [2.45, 2.75) is 0 Å². The van der Waals surface area contributed by atoms with Crippen molar-refractivity contribution in [1.29, 1.82) is 0 Å². The van der Waals surface area contributed by atoms with Gasteiger partial charge in [0.1, 0.15) is 0 Å². The molecule has 0 aliphatic rings. The van der Waals surface area contributed by atoms with E-state index in [1.807, 2.05) is 19.0 Å². The molecule has 0 bridgehead atoms. The maximum absolute atomic E-state index is 5.92. The van der Waals surface area contributed by atoms with Crippen LogP contribution in [-0.4, -0.2) is 14.1 Å². The quantitative estimate of drug-likeness (QED) is 0.714. The van der Waals surface area contributed by atoms with Crippen molar-refractivity contribution in [2.24, 2.45) is 0 Å². The fraction of sp³-hybridized carbons (Fsp3) is 0.250. The molecule has 1 aromatic carbocycles. The van der Waals surface area contributed by atoms with E-state index in [9.17, 15) is 0 Å². The van der Waals surface area contributed by atoms with Crippen LogP contribution < -0.4 is 10.6 Å². The molecule has 1 aromatic rings. The van der Waals surface area contributed by atoms with Crippen LogP contribution in [0.5, 0.6) is 0 Å². The zero-order valence-corrected chi connectivity index (χ0v) is 8.45. The number of hydrogen-bond acceptors (Lipinski definition) is 2. The van der Waals surface area contributed by atoms with Gasteiger partial charge in [0, 0.05) is 19.8 Å². The van der Waals surface area contributed by atoms with Crippen molar-refractivity contribution in [2.75, 3.05) is 24.7 Å². The molecule has 0 aliphatic carbocycles. The van der Waals surface area contributed by atoms with Crippen molar-refractivity contribution >= 4 is 34.6 Å². The third-order valence-electron chi connectivity index (χ3n) is 1.49. The van der Waals surface area contributed by atoms with Gasteiger partial charge in [0.25, 0.3) is 0 Å². The SMILES string of the molecule is CN(C)c1c(Cl)cc(N)cc1Cl.